The van der Waals surface area contributed by atoms with Crippen LogP contribution in [0.5, 0.6) is 0 Å². The second-order valence-corrected chi connectivity index (χ2v) is 4.67. The minimum atomic E-state index is -0.704. The molecular formula is C15H18N2O4. The SMILES string of the molecule is CCOC(=O)C1=C(c2ccccc2)O[C@@H](NC(N)=O)[C@H]1C. The van der Waals surface area contributed by atoms with E-state index in [0.29, 0.717) is 11.3 Å². The molecule has 1 aromatic carbocycles. The van der Waals surface area contributed by atoms with Gasteiger partial charge >= 0.3 is 12.0 Å². The van der Waals surface area contributed by atoms with Crippen LogP contribution in [0.3, 0.4) is 0 Å². The first-order valence-electron chi connectivity index (χ1n) is 6.74. The lowest BCUT2D eigenvalue weighted by Gasteiger charge is -2.17. The smallest absolute Gasteiger partial charge is 0.338 e. The van der Waals surface area contributed by atoms with Gasteiger partial charge < -0.3 is 20.5 Å². The molecule has 1 aromatic rings. The van der Waals surface area contributed by atoms with Gasteiger partial charge in [0.15, 0.2) is 6.23 Å². The summed E-state index contributed by atoms with van der Waals surface area (Å²) in [7, 11) is 0. The Morgan fingerprint density at radius 3 is 2.57 bits per heavy atom. The Balaban J connectivity index is 2.38. The number of hydrogen-bond donors (Lipinski definition) is 2. The van der Waals surface area contributed by atoms with Crippen LogP contribution in [0.15, 0.2) is 35.9 Å². The zero-order valence-corrected chi connectivity index (χ0v) is 12.0. The molecule has 2 rings (SSSR count). The van der Waals surface area contributed by atoms with Crippen LogP contribution in [0, 0.1) is 5.92 Å². The van der Waals surface area contributed by atoms with Crippen molar-refractivity contribution in [2.24, 2.45) is 11.7 Å². The summed E-state index contributed by atoms with van der Waals surface area (Å²) in [6.45, 7) is 3.79. The third-order valence-corrected chi connectivity index (χ3v) is 3.21. The normalized spacial score (nSPS) is 20.9. The molecule has 1 aliphatic rings. The van der Waals surface area contributed by atoms with E-state index in [9.17, 15) is 9.59 Å². The largest absolute Gasteiger partial charge is 0.469 e. The highest BCUT2D eigenvalue weighted by atomic mass is 16.5. The molecule has 6 heteroatoms. The summed E-state index contributed by atoms with van der Waals surface area (Å²) in [5, 5.41) is 2.49. The Labute approximate surface area is 122 Å². The molecule has 0 unspecified atom stereocenters. The van der Waals surface area contributed by atoms with Gasteiger partial charge in [0.2, 0.25) is 0 Å². The predicted molar refractivity (Wildman–Crippen MR) is 76.8 cm³/mol. The van der Waals surface area contributed by atoms with Crippen molar-refractivity contribution in [2.45, 2.75) is 20.1 Å². The highest BCUT2D eigenvalue weighted by molar-refractivity contribution is 5.98. The minimum absolute atomic E-state index is 0.269. The Bertz CT molecular complexity index is 568. The fourth-order valence-corrected chi connectivity index (χ4v) is 2.25. The maximum absolute atomic E-state index is 12.2. The minimum Gasteiger partial charge on any atom is -0.469 e. The Hall–Kier alpha value is -2.50. The molecule has 0 aromatic heterocycles. The molecule has 3 N–H and O–H groups in total. The molecule has 0 bridgehead atoms. The zero-order chi connectivity index (χ0) is 15.4. The summed E-state index contributed by atoms with van der Waals surface area (Å²) in [6.07, 6.45) is -0.683. The first kappa shape index (κ1) is 14.9. The van der Waals surface area contributed by atoms with Gasteiger partial charge in [0.1, 0.15) is 5.76 Å². The van der Waals surface area contributed by atoms with Gasteiger partial charge in [0, 0.05) is 11.5 Å². The maximum Gasteiger partial charge on any atom is 0.338 e. The van der Waals surface area contributed by atoms with Crippen LogP contribution in [0.2, 0.25) is 0 Å². The lowest BCUT2D eigenvalue weighted by Crippen LogP contribution is -2.42. The molecule has 0 spiro atoms. The van der Waals surface area contributed by atoms with Gasteiger partial charge in [0.25, 0.3) is 0 Å². The number of nitrogens with two attached hydrogens (primary N) is 1. The van der Waals surface area contributed by atoms with Gasteiger partial charge in [0.05, 0.1) is 12.2 Å². The number of amides is 2. The molecule has 0 saturated carbocycles. The number of benzene rings is 1. The van der Waals surface area contributed by atoms with Crippen molar-refractivity contribution in [1.82, 2.24) is 5.32 Å². The van der Waals surface area contributed by atoms with Crippen LogP contribution >= 0.6 is 0 Å². The molecule has 1 aliphatic heterocycles. The lowest BCUT2D eigenvalue weighted by atomic mass is 9.98. The zero-order valence-electron chi connectivity index (χ0n) is 12.0. The summed E-state index contributed by atoms with van der Waals surface area (Å²) >= 11 is 0. The van der Waals surface area contributed by atoms with E-state index in [2.05, 4.69) is 5.32 Å². The van der Waals surface area contributed by atoms with Gasteiger partial charge in [-0.15, -0.1) is 0 Å². The highest BCUT2D eigenvalue weighted by Crippen LogP contribution is 2.36. The van der Waals surface area contributed by atoms with Gasteiger partial charge in [-0.05, 0) is 6.92 Å². The number of ether oxygens (including phenoxy) is 2. The number of esters is 1. The van der Waals surface area contributed by atoms with Gasteiger partial charge in [-0.3, -0.25) is 0 Å². The number of hydrogen-bond acceptors (Lipinski definition) is 4. The van der Waals surface area contributed by atoms with E-state index in [1.807, 2.05) is 30.3 Å². The maximum atomic E-state index is 12.2. The second-order valence-electron chi connectivity index (χ2n) is 4.67. The monoisotopic (exact) mass is 290 g/mol. The molecule has 2 atom stereocenters. The second kappa shape index (κ2) is 6.30. The number of nitrogens with one attached hydrogen (secondary N) is 1. The summed E-state index contributed by atoms with van der Waals surface area (Å²) in [4.78, 5) is 23.2. The first-order valence-corrected chi connectivity index (χ1v) is 6.74. The topological polar surface area (TPSA) is 90.7 Å². The van der Waals surface area contributed by atoms with Crippen molar-refractivity contribution in [2.75, 3.05) is 6.61 Å². The van der Waals surface area contributed by atoms with E-state index >= 15 is 0 Å². The fraction of sp³-hybridized carbons (Fsp3) is 0.333. The lowest BCUT2D eigenvalue weighted by molar-refractivity contribution is -0.139. The number of urea groups is 1. The quantitative estimate of drug-likeness (QED) is 0.824. The standard InChI is InChI=1S/C15H18N2O4/c1-3-20-14(18)11-9(2)13(17-15(16)19)21-12(11)10-7-5-4-6-8-10/h4-9,13H,3H2,1-2H3,(H3,16,17,19)/t9-,13+/m0/s1. The predicted octanol–water partition coefficient (Wildman–Crippen LogP) is 1.62. The molecule has 21 heavy (non-hydrogen) atoms. The number of primary amides is 1. The summed E-state index contributed by atoms with van der Waals surface area (Å²) in [5.41, 5.74) is 6.29. The van der Waals surface area contributed by atoms with Crippen LogP contribution in [-0.2, 0) is 14.3 Å². The van der Waals surface area contributed by atoms with Gasteiger partial charge in [-0.25, -0.2) is 9.59 Å². The Morgan fingerprint density at radius 2 is 2.00 bits per heavy atom. The van der Waals surface area contributed by atoms with E-state index < -0.39 is 18.2 Å². The molecule has 0 radical (unpaired) electrons. The molecule has 1 heterocycles. The molecule has 2 amide bonds. The van der Waals surface area contributed by atoms with Crippen molar-refractivity contribution >= 4 is 17.8 Å². The average molecular weight is 290 g/mol. The van der Waals surface area contributed by atoms with Gasteiger partial charge in [-0.1, -0.05) is 37.3 Å². The Kier molecular flexibility index (Phi) is 4.47. The van der Waals surface area contributed by atoms with Crippen LogP contribution in [0.4, 0.5) is 4.79 Å². The highest BCUT2D eigenvalue weighted by Gasteiger charge is 2.39. The average Bonchev–Trinajstić information content (AvgIpc) is 2.77. The van der Waals surface area contributed by atoms with Crippen LogP contribution in [0.25, 0.3) is 5.76 Å². The summed E-state index contributed by atoms with van der Waals surface area (Å²) in [6, 6.07) is 8.50. The third-order valence-electron chi connectivity index (χ3n) is 3.21. The van der Waals surface area contributed by atoms with Crippen molar-refractivity contribution in [3.05, 3.63) is 41.5 Å². The van der Waals surface area contributed by atoms with Crippen molar-refractivity contribution in [3.8, 4) is 0 Å². The van der Waals surface area contributed by atoms with Crippen LogP contribution in [-0.4, -0.2) is 24.8 Å². The molecule has 112 valence electrons. The molecular weight excluding hydrogens is 272 g/mol. The van der Waals surface area contributed by atoms with E-state index in [1.165, 1.54) is 0 Å². The summed E-state index contributed by atoms with van der Waals surface area (Å²) < 4.78 is 10.8. The third kappa shape index (κ3) is 3.16. The summed E-state index contributed by atoms with van der Waals surface area (Å²) in [5.74, 6) is -0.385. The number of carbonyl (C=O) groups is 2. The van der Waals surface area contributed by atoms with E-state index in [-0.39, 0.29) is 12.5 Å². The van der Waals surface area contributed by atoms with Gasteiger partial charge in [-0.2, -0.15) is 0 Å². The van der Waals surface area contributed by atoms with Crippen molar-refractivity contribution < 1.29 is 19.1 Å². The fourth-order valence-electron chi connectivity index (χ4n) is 2.25. The number of rotatable bonds is 4. The van der Waals surface area contributed by atoms with Crippen molar-refractivity contribution in [3.63, 3.8) is 0 Å². The van der Waals surface area contributed by atoms with E-state index in [4.69, 9.17) is 15.2 Å². The molecule has 0 aliphatic carbocycles. The van der Waals surface area contributed by atoms with E-state index in [0.717, 1.165) is 5.56 Å². The van der Waals surface area contributed by atoms with Crippen LogP contribution in [0.1, 0.15) is 19.4 Å². The molecule has 6 nitrogen and oxygen atoms in total. The Morgan fingerprint density at radius 1 is 1.33 bits per heavy atom. The number of carbonyl (C=O) groups excluding carboxylic acids is 2. The molecule has 0 saturated heterocycles. The van der Waals surface area contributed by atoms with Crippen LogP contribution < -0.4 is 11.1 Å². The van der Waals surface area contributed by atoms with E-state index in [1.54, 1.807) is 13.8 Å². The first-order chi connectivity index (χ1) is 10.0. The van der Waals surface area contributed by atoms with Crippen molar-refractivity contribution in [1.29, 1.82) is 0 Å². The molecule has 0 fully saturated rings.